The fourth-order valence-corrected chi connectivity index (χ4v) is 5.46. The van der Waals surface area contributed by atoms with Crippen molar-refractivity contribution in [2.45, 2.75) is 31.9 Å². The number of benzene rings is 2. The number of halogens is 1. The smallest absolute Gasteiger partial charge is 0.494 e. The van der Waals surface area contributed by atoms with Crippen LogP contribution in [0.1, 0.15) is 41.2 Å². The predicted octanol–water partition coefficient (Wildman–Crippen LogP) is 1.98. The zero-order chi connectivity index (χ0) is 26.4. The lowest BCUT2D eigenvalue weighted by Gasteiger charge is -2.36. The summed E-state index contributed by atoms with van der Waals surface area (Å²) in [7, 11) is -0.942. The van der Waals surface area contributed by atoms with Crippen LogP contribution in [0.3, 0.4) is 0 Å². The van der Waals surface area contributed by atoms with Crippen LogP contribution in [0.15, 0.2) is 41.3 Å². The lowest BCUT2D eigenvalue weighted by Crippen LogP contribution is -2.47. The van der Waals surface area contributed by atoms with Gasteiger partial charge in [0, 0.05) is 55.8 Å². The third-order valence-corrected chi connectivity index (χ3v) is 7.66. The second-order valence-corrected chi connectivity index (χ2v) is 10.2. The van der Waals surface area contributed by atoms with Gasteiger partial charge in [-0.15, -0.1) is 0 Å². The number of piperazine rings is 1. The molecule has 1 saturated carbocycles. The van der Waals surface area contributed by atoms with Crippen molar-refractivity contribution in [2.24, 2.45) is 0 Å². The lowest BCUT2D eigenvalue weighted by atomic mass is 9.79. The van der Waals surface area contributed by atoms with Crippen LogP contribution < -0.4 is 20.5 Å². The maximum atomic E-state index is 15.2. The predicted molar refractivity (Wildman–Crippen MR) is 141 cm³/mol. The van der Waals surface area contributed by atoms with Gasteiger partial charge < -0.3 is 29.0 Å². The van der Waals surface area contributed by atoms with E-state index in [-0.39, 0.29) is 17.0 Å². The van der Waals surface area contributed by atoms with E-state index in [1.807, 2.05) is 27.7 Å². The van der Waals surface area contributed by atoms with E-state index >= 15 is 4.39 Å². The molecule has 2 aliphatic heterocycles. The second-order valence-electron chi connectivity index (χ2n) is 10.2. The molecule has 0 bridgehead atoms. The summed E-state index contributed by atoms with van der Waals surface area (Å²) in [4.78, 5) is 28.6. The monoisotopic (exact) mass is 521 g/mol. The van der Waals surface area contributed by atoms with Gasteiger partial charge in [0.2, 0.25) is 5.43 Å². The number of carboxylic acid groups (broad SMARTS) is 1. The molecule has 0 spiro atoms. The van der Waals surface area contributed by atoms with Gasteiger partial charge in [-0.05, 0) is 43.0 Å². The zero-order valence-electron chi connectivity index (χ0n) is 20.9. The van der Waals surface area contributed by atoms with Gasteiger partial charge in [0.15, 0.2) is 0 Å². The first-order valence-electron chi connectivity index (χ1n) is 13.0. The summed E-state index contributed by atoms with van der Waals surface area (Å²) in [6.07, 6.45) is 4.04. The second kappa shape index (κ2) is 10.0. The van der Waals surface area contributed by atoms with Gasteiger partial charge in [-0.25, -0.2) is 9.18 Å². The number of aromatic nitrogens is 1. The van der Waals surface area contributed by atoms with Gasteiger partial charge in [0.25, 0.3) is 0 Å². The molecule has 0 amide bonds. The number of hydrogen-bond donors (Lipinski definition) is 2. The average molecular weight is 521 g/mol. The summed E-state index contributed by atoms with van der Waals surface area (Å²) >= 11 is 0. The Balaban J connectivity index is 1.09. The number of ether oxygens (including phenoxy) is 1. The number of nitrogens with zero attached hydrogens (tertiary/aromatic N) is 3. The fourth-order valence-electron chi connectivity index (χ4n) is 5.46. The van der Waals surface area contributed by atoms with E-state index in [2.05, 4.69) is 4.90 Å². The van der Waals surface area contributed by atoms with E-state index in [1.54, 1.807) is 6.07 Å². The van der Waals surface area contributed by atoms with Crippen LogP contribution in [-0.2, 0) is 11.3 Å². The summed E-state index contributed by atoms with van der Waals surface area (Å²) in [5, 5.41) is 19.6. The van der Waals surface area contributed by atoms with Crippen LogP contribution in [0, 0.1) is 5.82 Å². The first kappa shape index (κ1) is 24.9. The van der Waals surface area contributed by atoms with Crippen LogP contribution in [0.5, 0.6) is 5.75 Å². The summed E-state index contributed by atoms with van der Waals surface area (Å²) in [5.74, 6) is -1.15. The molecule has 1 aliphatic carbocycles. The number of carbonyl (C=O) groups is 1. The number of fused-ring (bicyclic) bond motifs is 2. The van der Waals surface area contributed by atoms with Crippen molar-refractivity contribution in [3.8, 4) is 5.75 Å². The maximum Gasteiger partial charge on any atom is 0.495 e. The molecule has 3 aliphatic rings. The van der Waals surface area contributed by atoms with E-state index in [0.29, 0.717) is 48.7 Å². The van der Waals surface area contributed by atoms with E-state index < -0.39 is 24.3 Å². The van der Waals surface area contributed by atoms with Crippen molar-refractivity contribution in [1.82, 2.24) is 9.47 Å². The number of carboxylic acids is 1. The molecule has 3 heterocycles. The number of pyridine rings is 1. The molecular weight excluding hydrogens is 492 g/mol. The van der Waals surface area contributed by atoms with Crippen molar-refractivity contribution in [2.75, 3.05) is 44.2 Å². The molecular formula is C27H29BFN3O6. The van der Waals surface area contributed by atoms with Gasteiger partial charge in [-0.2, -0.15) is 0 Å². The van der Waals surface area contributed by atoms with E-state index in [1.165, 1.54) is 12.3 Å². The molecule has 0 atom stereocenters. The minimum absolute atomic E-state index is 0.111. The van der Waals surface area contributed by atoms with Crippen LogP contribution in [-0.4, -0.2) is 72.0 Å². The third kappa shape index (κ3) is 4.66. The number of hydrogen-bond acceptors (Lipinski definition) is 7. The van der Waals surface area contributed by atoms with Crippen LogP contribution in [0.4, 0.5) is 10.1 Å². The Morgan fingerprint density at radius 3 is 2.71 bits per heavy atom. The summed E-state index contributed by atoms with van der Waals surface area (Å²) in [5.41, 5.74) is 1.71. The van der Waals surface area contributed by atoms with E-state index in [9.17, 15) is 19.7 Å². The highest BCUT2D eigenvalue weighted by atomic mass is 19.1. The van der Waals surface area contributed by atoms with Crippen molar-refractivity contribution >= 4 is 35.1 Å². The Morgan fingerprint density at radius 1 is 1.18 bits per heavy atom. The molecule has 9 nitrogen and oxygen atoms in total. The van der Waals surface area contributed by atoms with Gasteiger partial charge in [0.05, 0.1) is 24.4 Å². The highest BCUT2D eigenvalue weighted by Crippen LogP contribution is 2.38. The fraction of sp³-hybridized carbons (Fsp3) is 0.407. The summed E-state index contributed by atoms with van der Waals surface area (Å²) in [6, 6.07) is 8.71. The van der Waals surface area contributed by atoms with E-state index in [0.717, 1.165) is 44.5 Å². The molecule has 1 aromatic heterocycles. The lowest BCUT2D eigenvalue weighted by molar-refractivity contribution is 0.0694. The molecule has 2 aromatic carbocycles. The maximum absolute atomic E-state index is 15.2. The van der Waals surface area contributed by atoms with Crippen molar-refractivity contribution in [3.05, 3.63) is 63.7 Å². The van der Waals surface area contributed by atoms with Gasteiger partial charge in [-0.1, -0.05) is 12.1 Å². The standard InChI is InChI=1S/C27H29BFN3O6/c29-21-13-19-22(32(18-5-6-18)15-20(26(19)33)27(34)35)14-23(21)31-10-8-30(9-11-31)7-2-12-37-24-4-1-3-17-16-38-28(36)25(17)24/h1,3-4,13-15,18,36H,2,5-12,16H2,(H,34,35). The Labute approximate surface area is 219 Å². The molecule has 0 unspecified atom stereocenters. The topological polar surface area (TPSA) is 104 Å². The highest BCUT2D eigenvalue weighted by Gasteiger charge is 2.31. The quantitative estimate of drug-likeness (QED) is 0.343. The first-order valence-corrected chi connectivity index (χ1v) is 13.0. The summed E-state index contributed by atoms with van der Waals surface area (Å²) < 4.78 is 28.2. The Hall–Kier alpha value is -3.41. The minimum atomic E-state index is -1.29. The molecule has 11 heteroatoms. The van der Waals surface area contributed by atoms with Gasteiger partial charge in [-0.3, -0.25) is 9.69 Å². The molecule has 1 saturated heterocycles. The SMILES string of the molecule is O=C(O)c1cn(C2CC2)c2cc(N3CCN(CCCOc4cccc5c4B(O)OC5)CC3)c(F)cc2c1=O. The number of aromatic carboxylic acids is 1. The van der Waals surface area contributed by atoms with E-state index in [4.69, 9.17) is 9.39 Å². The van der Waals surface area contributed by atoms with Gasteiger partial charge >= 0.3 is 13.1 Å². The van der Waals surface area contributed by atoms with Crippen molar-refractivity contribution < 1.29 is 28.7 Å². The highest BCUT2D eigenvalue weighted by molar-refractivity contribution is 6.62. The zero-order valence-corrected chi connectivity index (χ0v) is 20.9. The molecule has 3 aromatic rings. The van der Waals surface area contributed by atoms with Crippen LogP contribution >= 0.6 is 0 Å². The third-order valence-electron chi connectivity index (χ3n) is 7.66. The number of rotatable bonds is 8. The molecule has 2 N–H and O–H groups in total. The molecule has 0 radical (unpaired) electrons. The molecule has 6 rings (SSSR count). The Kier molecular flexibility index (Phi) is 6.59. The van der Waals surface area contributed by atoms with Gasteiger partial charge in [0.1, 0.15) is 17.1 Å². The Bertz CT molecular complexity index is 1450. The van der Waals surface area contributed by atoms with Crippen LogP contribution in [0.2, 0.25) is 0 Å². The van der Waals surface area contributed by atoms with Crippen molar-refractivity contribution in [1.29, 1.82) is 0 Å². The first-order chi connectivity index (χ1) is 18.4. The molecule has 2 fully saturated rings. The van der Waals surface area contributed by atoms with Crippen LogP contribution in [0.25, 0.3) is 10.9 Å². The minimum Gasteiger partial charge on any atom is -0.494 e. The number of anilines is 1. The Morgan fingerprint density at radius 2 is 1.97 bits per heavy atom. The van der Waals surface area contributed by atoms with Crippen molar-refractivity contribution in [3.63, 3.8) is 0 Å². The summed E-state index contributed by atoms with van der Waals surface area (Å²) in [6.45, 7) is 4.54. The molecule has 38 heavy (non-hydrogen) atoms. The largest absolute Gasteiger partial charge is 0.495 e. The average Bonchev–Trinajstić information content (AvgIpc) is 3.69. The normalized spacial score (nSPS) is 17.7. The molecule has 198 valence electrons.